The maximum atomic E-state index is 5.48. The minimum Gasteiger partial charge on any atom is -0.496 e. The van der Waals surface area contributed by atoms with Gasteiger partial charge >= 0.3 is 0 Å². The SMILES string of the molecule is COc1ccccc1CC(CCI)CCCCCCI. The summed E-state index contributed by atoms with van der Waals surface area (Å²) in [6.07, 6.45) is 9.41. The number of alkyl halides is 2. The molecule has 1 unspecified atom stereocenters. The van der Waals surface area contributed by atoms with E-state index in [0.29, 0.717) is 0 Å². The molecule has 0 radical (unpaired) electrons. The van der Waals surface area contributed by atoms with Crippen LogP contribution in [-0.4, -0.2) is 16.0 Å². The van der Waals surface area contributed by atoms with Crippen LogP contribution in [0.25, 0.3) is 0 Å². The highest BCUT2D eigenvalue weighted by Gasteiger charge is 2.12. The van der Waals surface area contributed by atoms with Crippen molar-refractivity contribution < 1.29 is 4.74 Å². The van der Waals surface area contributed by atoms with Crippen molar-refractivity contribution >= 4 is 45.2 Å². The minimum absolute atomic E-state index is 0.808. The average molecular weight is 500 g/mol. The predicted octanol–water partition coefficient (Wildman–Crippen LogP) is 6.06. The summed E-state index contributed by atoms with van der Waals surface area (Å²) in [6, 6.07) is 8.48. The highest BCUT2D eigenvalue weighted by atomic mass is 127. The summed E-state index contributed by atoms with van der Waals surface area (Å²) in [6.45, 7) is 0. The second-order valence-corrected chi connectivity index (χ2v) is 7.41. The molecule has 1 atom stereocenters. The Morgan fingerprint density at radius 3 is 2.40 bits per heavy atom. The van der Waals surface area contributed by atoms with Crippen LogP contribution in [0.2, 0.25) is 0 Å². The number of rotatable bonds is 11. The molecule has 0 aliphatic rings. The molecule has 0 bridgehead atoms. The number of hydrogen-bond donors (Lipinski definition) is 0. The van der Waals surface area contributed by atoms with Gasteiger partial charge in [-0.1, -0.05) is 89.1 Å². The molecule has 1 rings (SSSR count). The van der Waals surface area contributed by atoms with E-state index in [9.17, 15) is 0 Å². The number of unbranched alkanes of at least 4 members (excludes halogenated alkanes) is 3. The first-order valence-corrected chi connectivity index (χ1v) is 10.6. The standard InChI is InChI=1S/C17H26I2O/c1-20-17-10-6-5-9-16(17)14-15(11-13-19)8-4-2-3-7-12-18/h5-6,9-10,15H,2-4,7-8,11-14H2,1H3. The first-order valence-electron chi connectivity index (χ1n) is 7.55. The molecule has 0 aliphatic heterocycles. The van der Waals surface area contributed by atoms with Crippen LogP contribution in [0.1, 0.15) is 44.1 Å². The minimum atomic E-state index is 0.808. The fourth-order valence-electron chi connectivity index (χ4n) is 2.57. The quantitative estimate of drug-likeness (QED) is 0.204. The molecular formula is C17H26I2O. The van der Waals surface area contributed by atoms with Crippen molar-refractivity contribution in [2.45, 2.75) is 44.9 Å². The topological polar surface area (TPSA) is 9.23 Å². The summed E-state index contributed by atoms with van der Waals surface area (Å²) < 4.78 is 8.04. The van der Waals surface area contributed by atoms with Gasteiger partial charge in [-0.2, -0.15) is 0 Å². The number of ether oxygens (including phenoxy) is 1. The van der Waals surface area contributed by atoms with Crippen LogP contribution >= 0.6 is 45.2 Å². The van der Waals surface area contributed by atoms with E-state index in [1.54, 1.807) is 7.11 Å². The first-order chi connectivity index (χ1) is 9.81. The molecule has 114 valence electrons. The van der Waals surface area contributed by atoms with E-state index in [-0.39, 0.29) is 0 Å². The summed E-state index contributed by atoms with van der Waals surface area (Å²) in [4.78, 5) is 0. The third-order valence-electron chi connectivity index (χ3n) is 3.71. The van der Waals surface area contributed by atoms with Crippen LogP contribution in [0.4, 0.5) is 0 Å². The Hall–Kier alpha value is 0.480. The lowest BCUT2D eigenvalue weighted by atomic mass is 9.91. The van der Waals surface area contributed by atoms with Crippen molar-refractivity contribution in [3.8, 4) is 5.75 Å². The number of hydrogen-bond acceptors (Lipinski definition) is 1. The summed E-state index contributed by atoms with van der Waals surface area (Å²) in [7, 11) is 1.77. The van der Waals surface area contributed by atoms with Gasteiger partial charge in [0.1, 0.15) is 5.75 Å². The smallest absolute Gasteiger partial charge is 0.122 e. The second kappa shape index (κ2) is 12.1. The van der Waals surface area contributed by atoms with Crippen molar-refractivity contribution in [3.05, 3.63) is 29.8 Å². The Kier molecular flexibility index (Phi) is 11.2. The van der Waals surface area contributed by atoms with Gasteiger partial charge < -0.3 is 4.74 Å². The molecule has 0 fully saturated rings. The van der Waals surface area contributed by atoms with E-state index in [2.05, 4.69) is 69.4 Å². The normalized spacial score (nSPS) is 12.3. The molecule has 0 aliphatic carbocycles. The van der Waals surface area contributed by atoms with E-state index < -0.39 is 0 Å². The highest BCUT2D eigenvalue weighted by Crippen LogP contribution is 2.26. The van der Waals surface area contributed by atoms with Gasteiger partial charge in [-0.25, -0.2) is 0 Å². The van der Waals surface area contributed by atoms with E-state index in [1.807, 2.05) is 0 Å². The van der Waals surface area contributed by atoms with E-state index >= 15 is 0 Å². The predicted molar refractivity (Wildman–Crippen MR) is 106 cm³/mol. The molecule has 0 amide bonds. The van der Waals surface area contributed by atoms with Crippen molar-refractivity contribution in [1.82, 2.24) is 0 Å². The average Bonchev–Trinajstić information content (AvgIpc) is 2.47. The Bertz CT molecular complexity index is 355. The van der Waals surface area contributed by atoms with Gasteiger partial charge in [0.2, 0.25) is 0 Å². The lowest BCUT2D eigenvalue weighted by Gasteiger charge is -2.17. The molecule has 0 heterocycles. The molecule has 1 nitrogen and oxygen atoms in total. The molecule has 3 heteroatoms. The van der Waals surface area contributed by atoms with Crippen LogP contribution in [0, 0.1) is 5.92 Å². The van der Waals surface area contributed by atoms with Gasteiger partial charge in [-0.05, 0) is 45.7 Å². The fraction of sp³-hybridized carbons (Fsp3) is 0.647. The number of halogens is 2. The van der Waals surface area contributed by atoms with Gasteiger partial charge in [0.15, 0.2) is 0 Å². The zero-order valence-electron chi connectivity index (χ0n) is 12.4. The van der Waals surface area contributed by atoms with Crippen LogP contribution in [-0.2, 0) is 6.42 Å². The Labute approximate surface area is 151 Å². The Morgan fingerprint density at radius 2 is 1.70 bits per heavy atom. The molecule has 0 aromatic heterocycles. The lowest BCUT2D eigenvalue weighted by molar-refractivity contribution is 0.395. The maximum Gasteiger partial charge on any atom is 0.122 e. The first kappa shape index (κ1) is 18.5. The van der Waals surface area contributed by atoms with Gasteiger partial charge in [0, 0.05) is 0 Å². The van der Waals surface area contributed by atoms with Gasteiger partial charge in [0.05, 0.1) is 7.11 Å². The molecule has 20 heavy (non-hydrogen) atoms. The lowest BCUT2D eigenvalue weighted by Crippen LogP contribution is -2.07. The van der Waals surface area contributed by atoms with E-state index in [0.717, 1.165) is 11.7 Å². The van der Waals surface area contributed by atoms with Crippen LogP contribution in [0.3, 0.4) is 0 Å². The van der Waals surface area contributed by atoms with Gasteiger partial charge in [-0.15, -0.1) is 0 Å². The van der Waals surface area contributed by atoms with Crippen LogP contribution in [0.5, 0.6) is 5.75 Å². The van der Waals surface area contributed by atoms with Crippen molar-refractivity contribution in [2.75, 3.05) is 16.0 Å². The number of methoxy groups -OCH3 is 1. The van der Waals surface area contributed by atoms with E-state index in [4.69, 9.17) is 4.74 Å². The number of benzene rings is 1. The zero-order valence-corrected chi connectivity index (χ0v) is 16.7. The third kappa shape index (κ3) is 7.48. The molecule has 0 saturated heterocycles. The fourth-order valence-corrected chi connectivity index (χ4v) is 3.99. The van der Waals surface area contributed by atoms with Crippen LogP contribution in [0.15, 0.2) is 24.3 Å². The largest absolute Gasteiger partial charge is 0.496 e. The molecule has 0 saturated carbocycles. The number of para-hydroxylation sites is 1. The van der Waals surface area contributed by atoms with Crippen molar-refractivity contribution in [3.63, 3.8) is 0 Å². The molecule has 1 aromatic rings. The Morgan fingerprint density at radius 1 is 0.950 bits per heavy atom. The molecule has 0 spiro atoms. The van der Waals surface area contributed by atoms with Crippen LogP contribution < -0.4 is 4.74 Å². The summed E-state index contributed by atoms with van der Waals surface area (Å²) in [5.74, 6) is 1.86. The summed E-state index contributed by atoms with van der Waals surface area (Å²) in [5, 5.41) is 0. The van der Waals surface area contributed by atoms with Gasteiger partial charge in [-0.3, -0.25) is 0 Å². The summed E-state index contributed by atoms with van der Waals surface area (Å²) in [5.41, 5.74) is 1.37. The molecule has 1 aromatic carbocycles. The molecule has 0 N–H and O–H groups in total. The second-order valence-electron chi connectivity index (χ2n) is 5.25. The zero-order chi connectivity index (χ0) is 14.6. The highest BCUT2D eigenvalue weighted by molar-refractivity contribution is 14.1. The summed E-state index contributed by atoms with van der Waals surface area (Å²) >= 11 is 4.98. The van der Waals surface area contributed by atoms with Gasteiger partial charge in [0.25, 0.3) is 0 Å². The van der Waals surface area contributed by atoms with Crippen molar-refractivity contribution in [2.24, 2.45) is 5.92 Å². The Balaban J connectivity index is 2.45. The molecular weight excluding hydrogens is 474 g/mol. The maximum absolute atomic E-state index is 5.48. The monoisotopic (exact) mass is 500 g/mol. The van der Waals surface area contributed by atoms with E-state index in [1.165, 1.54) is 59.4 Å². The van der Waals surface area contributed by atoms with Crippen molar-refractivity contribution in [1.29, 1.82) is 0 Å². The third-order valence-corrected chi connectivity index (χ3v) is 5.10.